The lowest BCUT2D eigenvalue weighted by atomic mass is 10.1. The summed E-state index contributed by atoms with van der Waals surface area (Å²) in [5, 5.41) is -1.04. The van der Waals surface area contributed by atoms with Crippen molar-refractivity contribution in [2.24, 2.45) is 5.73 Å². The molecule has 1 fully saturated rings. The molecule has 1 aliphatic carbocycles. The number of hydrogen-bond donors (Lipinski definition) is 1. The summed E-state index contributed by atoms with van der Waals surface area (Å²) in [6.45, 7) is 5.65. The predicted molar refractivity (Wildman–Crippen MR) is 99.6 cm³/mol. The van der Waals surface area contributed by atoms with Crippen LogP contribution in [0.1, 0.15) is 29.5 Å². The second-order valence-electron chi connectivity index (χ2n) is 6.82. The second-order valence-corrected chi connectivity index (χ2v) is 8.89. The first-order chi connectivity index (χ1) is 12.2. The molecule has 2 aromatic rings. The molecule has 2 N–H and O–H groups in total. The van der Waals surface area contributed by atoms with Crippen LogP contribution < -0.4 is 5.73 Å². The van der Waals surface area contributed by atoms with Gasteiger partial charge in [0.15, 0.2) is 9.84 Å². The van der Waals surface area contributed by atoms with Crippen LogP contribution in [-0.4, -0.2) is 31.8 Å². The number of carbonyl (C=O) groups is 1. The van der Waals surface area contributed by atoms with E-state index in [1.165, 1.54) is 0 Å². The highest BCUT2D eigenvalue weighted by Gasteiger charge is 2.74. The van der Waals surface area contributed by atoms with Crippen LogP contribution >= 0.6 is 0 Å². The van der Waals surface area contributed by atoms with E-state index >= 15 is 0 Å². The molecule has 0 unspecified atom stereocenters. The lowest BCUT2D eigenvalue weighted by molar-refractivity contribution is -0.145. The van der Waals surface area contributed by atoms with Gasteiger partial charge in [0.2, 0.25) is 0 Å². The van der Waals surface area contributed by atoms with Crippen molar-refractivity contribution < 1.29 is 17.9 Å². The summed E-state index contributed by atoms with van der Waals surface area (Å²) in [6.07, 6.45) is 0. The summed E-state index contributed by atoms with van der Waals surface area (Å²) in [4.78, 5) is 12.7. The molecular weight excluding hydrogens is 350 g/mol. The number of hydrogen-bond acceptors (Lipinski definition) is 5. The number of esters is 1. The Morgan fingerprint density at radius 2 is 1.54 bits per heavy atom. The van der Waals surface area contributed by atoms with Crippen molar-refractivity contribution in [1.29, 1.82) is 0 Å². The minimum absolute atomic E-state index is 0.149. The van der Waals surface area contributed by atoms with Gasteiger partial charge in [-0.3, -0.25) is 0 Å². The van der Waals surface area contributed by atoms with Gasteiger partial charge in [-0.2, -0.15) is 0 Å². The molecule has 0 bridgehead atoms. The highest BCUT2D eigenvalue weighted by Crippen LogP contribution is 2.56. The van der Waals surface area contributed by atoms with Gasteiger partial charge in [0.1, 0.15) is 10.8 Å². The van der Waals surface area contributed by atoms with Crippen LogP contribution in [-0.2, 0) is 19.4 Å². The van der Waals surface area contributed by atoms with Crippen LogP contribution in [0.5, 0.6) is 0 Å². The zero-order chi connectivity index (χ0) is 19.1. The monoisotopic (exact) mass is 373 g/mol. The normalized spacial score (nSPS) is 24.9. The van der Waals surface area contributed by atoms with Crippen LogP contribution in [0, 0.1) is 13.8 Å². The maximum absolute atomic E-state index is 13.2. The Hall–Kier alpha value is -2.18. The maximum Gasteiger partial charge on any atom is 0.328 e. The van der Waals surface area contributed by atoms with E-state index in [0.717, 1.165) is 16.7 Å². The molecule has 138 valence electrons. The Morgan fingerprint density at radius 3 is 2.04 bits per heavy atom. The van der Waals surface area contributed by atoms with Crippen molar-refractivity contribution in [3.8, 4) is 0 Å². The molecule has 3 atom stereocenters. The maximum atomic E-state index is 13.2. The first-order valence-corrected chi connectivity index (χ1v) is 10.1. The van der Waals surface area contributed by atoms with E-state index in [-0.39, 0.29) is 11.5 Å². The van der Waals surface area contributed by atoms with Crippen molar-refractivity contribution in [2.75, 3.05) is 6.61 Å². The fourth-order valence-corrected chi connectivity index (χ4v) is 5.64. The summed E-state index contributed by atoms with van der Waals surface area (Å²) in [6, 6.07) is 14.0. The molecule has 0 radical (unpaired) electrons. The lowest BCUT2D eigenvalue weighted by Crippen LogP contribution is -2.41. The Morgan fingerprint density at radius 1 is 1.04 bits per heavy atom. The number of aryl methyl sites for hydroxylation is 2. The fraction of sp³-hybridized carbons (Fsp3) is 0.350. The van der Waals surface area contributed by atoms with E-state index in [2.05, 4.69) is 0 Å². The van der Waals surface area contributed by atoms with Gasteiger partial charge in [-0.25, -0.2) is 13.2 Å². The Kier molecular flexibility index (Phi) is 4.67. The molecule has 0 heterocycles. The van der Waals surface area contributed by atoms with Crippen molar-refractivity contribution in [1.82, 2.24) is 0 Å². The molecule has 2 aromatic carbocycles. The highest BCUT2D eigenvalue weighted by molar-refractivity contribution is 7.92. The van der Waals surface area contributed by atoms with Gasteiger partial charge in [0.25, 0.3) is 0 Å². The summed E-state index contributed by atoms with van der Waals surface area (Å²) in [5.74, 6) is -1.31. The van der Waals surface area contributed by atoms with E-state index in [0.29, 0.717) is 0 Å². The zero-order valence-electron chi connectivity index (χ0n) is 15.1. The van der Waals surface area contributed by atoms with Gasteiger partial charge in [-0.15, -0.1) is 0 Å². The van der Waals surface area contributed by atoms with Crippen LogP contribution in [0.25, 0.3) is 0 Å². The molecule has 0 aromatic heterocycles. The number of ether oxygens (including phenoxy) is 1. The molecule has 26 heavy (non-hydrogen) atoms. The van der Waals surface area contributed by atoms with Gasteiger partial charge in [-0.05, 0) is 38.5 Å². The molecule has 0 amide bonds. The number of rotatable bonds is 5. The summed E-state index contributed by atoms with van der Waals surface area (Å²) in [7, 11) is -3.79. The van der Waals surface area contributed by atoms with Crippen LogP contribution in [0.15, 0.2) is 53.4 Å². The summed E-state index contributed by atoms with van der Waals surface area (Å²) >= 11 is 0. The number of sulfone groups is 1. The Balaban J connectivity index is 2.06. The van der Waals surface area contributed by atoms with Crippen molar-refractivity contribution in [3.63, 3.8) is 0 Å². The number of nitrogens with two attached hydrogens (primary N) is 1. The number of benzene rings is 2. The topological polar surface area (TPSA) is 86.5 Å². The lowest BCUT2D eigenvalue weighted by Gasteiger charge is -2.11. The molecule has 5 nitrogen and oxygen atoms in total. The molecule has 6 heteroatoms. The van der Waals surface area contributed by atoms with Crippen molar-refractivity contribution in [2.45, 2.75) is 42.4 Å². The van der Waals surface area contributed by atoms with E-state index < -0.39 is 32.5 Å². The fourth-order valence-electron chi connectivity index (χ4n) is 3.41. The van der Waals surface area contributed by atoms with Gasteiger partial charge in [-0.1, -0.05) is 47.5 Å². The minimum atomic E-state index is -3.79. The molecule has 1 saturated carbocycles. The van der Waals surface area contributed by atoms with E-state index in [4.69, 9.17) is 10.5 Å². The third-order valence-electron chi connectivity index (χ3n) is 4.93. The first kappa shape index (κ1) is 18.6. The molecule has 1 aliphatic rings. The highest BCUT2D eigenvalue weighted by atomic mass is 32.2. The molecule has 0 aliphatic heterocycles. The Bertz CT molecular complexity index is 919. The van der Waals surface area contributed by atoms with Gasteiger partial charge < -0.3 is 10.5 Å². The van der Waals surface area contributed by atoms with Crippen LogP contribution in [0.2, 0.25) is 0 Å². The standard InChI is InChI=1S/C20H23NO4S/c1-4-25-19(22)20(21)17(15-9-5-13(2)6-10-15)18(20)26(23,24)16-11-7-14(3)8-12-16/h5-12,17-18H,4,21H2,1-3H3/t17-,18+,20-/m0/s1. The van der Waals surface area contributed by atoms with Gasteiger partial charge in [0.05, 0.1) is 11.5 Å². The molecular formula is C20H23NO4S. The third-order valence-corrected chi connectivity index (χ3v) is 7.19. The average Bonchev–Trinajstić information content (AvgIpc) is 3.25. The van der Waals surface area contributed by atoms with Crippen LogP contribution in [0.4, 0.5) is 0 Å². The van der Waals surface area contributed by atoms with E-state index in [9.17, 15) is 13.2 Å². The van der Waals surface area contributed by atoms with E-state index in [1.54, 1.807) is 31.2 Å². The SMILES string of the molecule is CCOC(=O)[C@@]1(N)[C@H](S(=O)(=O)c2ccc(C)cc2)[C@@H]1c1ccc(C)cc1. The summed E-state index contributed by atoms with van der Waals surface area (Å²) < 4.78 is 31.5. The Labute approximate surface area is 154 Å². The second kappa shape index (κ2) is 6.52. The molecule has 3 rings (SSSR count). The average molecular weight is 373 g/mol. The van der Waals surface area contributed by atoms with Crippen LogP contribution in [0.3, 0.4) is 0 Å². The van der Waals surface area contributed by atoms with Gasteiger partial charge >= 0.3 is 5.97 Å². The first-order valence-electron chi connectivity index (χ1n) is 8.56. The van der Waals surface area contributed by atoms with Crippen molar-refractivity contribution >= 4 is 15.8 Å². The van der Waals surface area contributed by atoms with Gasteiger partial charge in [0, 0.05) is 5.92 Å². The largest absolute Gasteiger partial charge is 0.465 e. The smallest absolute Gasteiger partial charge is 0.328 e. The predicted octanol–water partition coefficient (Wildman–Crippen LogP) is 2.50. The number of carbonyl (C=O) groups excluding carboxylic acids is 1. The molecule has 0 spiro atoms. The quantitative estimate of drug-likeness (QED) is 0.814. The molecule has 0 saturated heterocycles. The van der Waals surface area contributed by atoms with E-state index in [1.807, 2.05) is 38.1 Å². The zero-order valence-corrected chi connectivity index (χ0v) is 15.9. The minimum Gasteiger partial charge on any atom is -0.465 e. The van der Waals surface area contributed by atoms with Crippen molar-refractivity contribution in [3.05, 3.63) is 65.2 Å². The summed E-state index contributed by atoms with van der Waals surface area (Å²) in [5.41, 5.74) is 7.49. The third kappa shape index (κ3) is 2.93.